The first-order valence-corrected chi connectivity index (χ1v) is 9.42. The van der Waals surface area contributed by atoms with Crippen LogP contribution in [0.3, 0.4) is 0 Å². The van der Waals surface area contributed by atoms with Crippen LogP contribution in [0.5, 0.6) is 11.5 Å². The SMILES string of the molecule is Cc1ccc(C)c(OC(C)C(=O)NCCOc2ccccc2C(C)(C)C)c1. The number of nitrogens with one attached hydrogen (secondary N) is 1. The van der Waals surface area contributed by atoms with Crippen LogP contribution in [-0.4, -0.2) is 25.2 Å². The molecule has 146 valence electrons. The van der Waals surface area contributed by atoms with Crippen molar-refractivity contribution in [2.24, 2.45) is 0 Å². The van der Waals surface area contributed by atoms with Crippen LogP contribution in [0.4, 0.5) is 0 Å². The molecule has 0 aromatic heterocycles. The van der Waals surface area contributed by atoms with E-state index in [-0.39, 0.29) is 11.3 Å². The lowest BCUT2D eigenvalue weighted by Crippen LogP contribution is -2.38. The molecule has 1 N–H and O–H groups in total. The lowest BCUT2D eigenvalue weighted by Gasteiger charge is -2.23. The summed E-state index contributed by atoms with van der Waals surface area (Å²) in [5.74, 6) is 1.45. The van der Waals surface area contributed by atoms with E-state index in [2.05, 4.69) is 32.2 Å². The Morgan fingerprint density at radius 2 is 1.78 bits per heavy atom. The fourth-order valence-corrected chi connectivity index (χ4v) is 2.77. The van der Waals surface area contributed by atoms with Crippen LogP contribution in [0, 0.1) is 13.8 Å². The highest BCUT2D eigenvalue weighted by Gasteiger charge is 2.19. The van der Waals surface area contributed by atoms with Crippen molar-refractivity contribution in [1.29, 1.82) is 0 Å². The highest BCUT2D eigenvalue weighted by molar-refractivity contribution is 5.80. The fraction of sp³-hybridized carbons (Fsp3) is 0.435. The first-order valence-electron chi connectivity index (χ1n) is 9.42. The van der Waals surface area contributed by atoms with Gasteiger partial charge in [-0.15, -0.1) is 0 Å². The minimum Gasteiger partial charge on any atom is -0.491 e. The van der Waals surface area contributed by atoms with E-state index in [4.69, 9.17) is 9.47 Å². The largest absolute Gasteiger partial charge is 0.491 e. The van der Waals surface area contributed by atoms with Crippen molar-refractivity contribution < 1.29 is 14.3 Å². The van der Waals surface area contributed by atoms with Gasteiger partial charge >= 0.3 is 0 Å². The molecule has 0 spiro atoms. The summed E-state index contributed by atoms with van der Waals surface area (Å²) in [5.41, 5.74) is 3.29. The summed E-state index contributed by atoms with van der Waals surface area (Å²) in [4.78, 5) is 12.3. The first-order chi connectivity index (χ1) is 12.7. The van der Waals surface area contributed by atoms with Gasteiger partial charge in [-0.05, 0) is 55.0 Å². The van der Waals surface area contributed by atoms with Gasteiger partial charge in [-0.2, -0.15) is 0 Å². The van der Waals surface area contributed by atoms with Crippen molar-refractivity contribution >= 4 is 5.91 Å². The summed E-state index contributed by atoms with van der Waals surface area (Å²) in [6, 6.07) is 14.0. The van der Waals surface area contributed by atoms with Gasteiger partial charge < -0.3 is 14.8 Å². The van der Waals surface area contributed by atoms with Crippen molar-refractivity contribution in [2.45, 2.75) is 53.1 Å². The highest BCUT2D eigenvalue weighted by Crippen LogP contribution is 2.30. The Bertz CT molecular complexity index is 777. The Labute approximate surface area is 162 Å². The van der Waals surface area contributed by atoms with Gasteiger partial charge in [0.1, 0.15) is 18.1 Å². The second kappa shape index (κ2) is 8.94. The topological polar surface area (TPSA) is 47.6 Å². The van der Waals surface area contributed by atoms with Gasteiger partial charge in [0, 0.05) is 0 Å². The molecule has 0 saturated carbocycles. The molecule has 0 bridgehead atoms. The van der Waals surface area contributed by atoms with Gasteiger partial charge in [0.2, 0.25) is 0 Å². The number of ether oxygens (including phenoxy) is 2. The average Bonchev–Trinajstić information content (AvgIpc) is 2.61. The molecule has 4 heteroatoms. The number of amides is 1. The number of carbonyl (C=O) groups is 1. The first kappa shape index (κ1) is 20.8. The Morgan fingerprint density at radius 3 is 2.48 bits per heavy atom. The van der Waals surface area contributed by atoms with E-state index < -0.39 is 6.10 Å². The molecule has 0 aliphatic heterocycles. The van der Waals surface area contributed by atoms with Crippen molar-refractivity contribution in [3.63, 3.8) is 0 Å². The van der Waals surface area contributed by atoms with Crippen molar-refractivity contribution in [3.8, 4) is 11.5 Å². The van der Waals surface area contributed by atoms with Crippen LogP contribution in [0.2, 0.25) is 0 Å². The Kier molecular flexibility index (Phi) is 6.89. The summed E-state index contributed by atoms with van der Waals surface area (Å²) in [7, 11) is 0. The van der Waals surface area contributed by atoms with Crippen molar-refractivity contribution in [2.75, 3.05) is 13.2 Å². The molecule has 1 atom stereocenters. The van der Waals surface area contributed by atoms with E-state index in [0.29, 0.717) is 13.2 Å². The Morgan fingerprint density at radius 1 is 1.07 bits per heavy atom. The molecule has 0 aliphatic rings. The minimum atomic E-state index is -0.563. The summed E-state index contributed by atoms with van der Waals surface area (Å²) in [6.07, 6.45) is -0.563. The third kappa shape index (κ3) is 6.02. The molecular formula is C23H31NO3. The van der Waals surface area contributed by atoms with Crippen molar-refractivity contribution in [3.05, 3.63) is 59.2 Å². The second-order valence-corrected chi connectivity index (χ2v) is 7.91. The number of benzene rings is 2. The van der Waals surface area contributed by atoms with Gasteiger partial charge in [0.25, 0.3) is 5.91 Å². The van der Waals surface area contributed by atoms with Gasteiger partial charge in [-0.1, -0.05) is 51.1 Å². The number of carbonyl (C=O) groups excluding carboxylic acids is 1. The van der Waals surface area contributed by atoms with Crippen molar-refractivity contribution in [1.82, 2.24) is 5.32 Å². The number of hydrogen-bond donors (Lipinski definition) is 1. The zero-order valence-electron chi connectivity index (χ0n) is 17.3. The number of aryl methyl sites for hydroxylation is 2. The molecule has 2 aromatic carbocycles. The van der Waals surface area contributed by atoms with Crippen LogP contribution < -0.4 is 14.8 Å². The van der Waals surface area contributed by atoms with Gasteiger partial charge in [-0.25, -0.2) is 0 Å². The molecule has 27 heavy (non-hydrogen) atoms. The number of para-hydroxylation sites is 1. The van der Waals surface area contributed by atoms with E-state index in [0.717, 1.165) is 28.2 Å². The molecule has 0 heterocycles. The third-order valence-electron chi connectivity index (χ3n) is 4.37. The lowest BCUT2D eigenvalue weighted by molar-refractivity contribution is -0.127. The molecule has 1 amide bonds. The van der Waals surface area contributed by atoms with E-state index in [1.165, 1.54) is 0 Å². The lowest BCUT2D eigenvalue weighted by atomic mass is 9.86. The second-order valence-electron chi connectivity index (χ2n) is 7.91. The summed E-state index contributed by atoms with van der Waals surface area (Å²) < 4.78 is 11.7. The minimum absolute atomic E-state index is 0.00781. The third-order valence-corrected chi connectivity index (χ3v) is 4.37. The van der Waals surface area contributed by atoms with Crippen LogP contribution in [-0.2, 0) is 10.2 Å². The quantitative estimate of drug-likeness (QED) is 0.728. The van der Waals surface area contributed by atoms with Gasteiger partial charge in [0.15, 0.2) is 6.10 Å². The molecule has 0 aliphatic carbocycles. The zero-order valence-corrected chi connectivity index (χ0v) is 17.3. The molecule has 4 nitrogen and oxygen atoms in total. The van der Waals surface area contributed by atoms with Gasteiger partial charge in [0.05, 0.1) is 6.54 Å². The molecule has 2 aromatic rings. The van der Waals surface area contributed by atoms with E-state index in [9.17, 15) is 4.79 Å². The molecular weight excluding hydrogens is 338 g/mol. The maximum Gasteiger partial charge on any atom is 0.260 e. The fourth-order valence-electron chi connectivity index (χ4n) is 2.77. The predicted octanol–water partition coefficient (Wildman–Crippen LogP) is 4.56. The van der Waals surface area contributed by atoms with E-state index >= 15 is 0 Å². The summed E-state index contributed by atoms with van der Waals surface area (Å²) in [5, 5.41) is 2.88. The summed E-state index contributed by atoms with van der Waals surface area (Å²) >= 11 is 0. The van der Waals surface area contributed by atoms with Crippen LogP contribution in [0.1, 0.15) is 44.4 Å². The summed E-state index contributed by atoms with van der Waals surface area (Å²) in [6.45, 7) is 13.0. The Hall–Kier alpha value is -2.49. The maximum atomic E-state index is 12.3. The molecule has 0 saturated heterocycles. The van der Waals surface area contributed by atoms with Gasteiger partial charge in [-0.3, -0.25) is 4.79 Å². The zero-order chi connectivity index (χ0) is 20.0. The number of hydrogen-bond acceptors (Lipinski definition) is 3. The van der Waals surface area contributed by atoms with E-state index in [1.807, 2.05) is 50.2 Å². The molecule has 1 unspecified atom stereocenters. The smallest absolute Gasteiger partial charge is 0.260 e. The maximum absolute atomic E-state index is 12.3. The monoisotopic (exact) mass is 369 g/mol. The normalized spacial score (nSPS) is 12.4. The predicted molar refractivity (Wildman–Crippen MR) is 110 cm³/mol. The van der Waals surface area contributed by atoms with Crippen LogP contribution in [0.15, 0.2) is 42.5 Å². The molecule has 0 radical (unpaired) electrons. The number of rotatable bonds is 7. The molecule has 0 fully saturated rings. The van der Waals surface area contributed by atoms with Crippen LogP contribution in [0.25, 0.3) is 0 Å². The highest BCUT2D eigenvalue weighted by atomic mass is 16.5. The standard InChI is InChI=1S/C23H31NO3/c1-16-11-12-17(2)21(15-16)27-18(3)22(25)24-13-14-26-20-10-8-7-9-19(20)23(4,5)6/h7-12,15,18H,13-14H2,1-6H3,(H,24,25). The van der Waals surface area contributed by atoms with E-state index in [1.54, 1.807) is 6.92 Å². The molecule has 2 rings (SSSR count). The van der Waals surface area contributed by atoms with Crippen LogP contribution >= 0.6 is 0 Å². The Balaban J connectivity index is 1.84. The average molecular weight is 370 g/mol.